The van der Waals surface area contributed by atoms with Crippen LogP contribution in [0.25, 0.3) is 10.9 Å². The third kappa shape index (κ3) is 10.7. The second kappa shape index (κ2) is 22.0. The third-order valence-electron chi connectivity index (χ3n) is 15.9. The smallest absolute Gasteiger partial charge is 0.255 e. The molecule has 0 radical (unpaired) electrons. The van der Waals surface area contributed by atoms with Crippen LogP contribution in [0.1, 0.15) is 152 Å². The lowest BCUT2D eigenvalue weighted by atomic mass is 9.70. The number of H-pyrrole nitrogens is 1. The molecule has 3 fully saturated rings. The van der Waals surface area contributed by atoms with Gasteiger partial charge in [-0.25, -0.2) is 0 Å². The number of nitrogens with one attached hydrogen (secondary N) is 2. The molecule has 2 N–H and O–H groups in total. The average Bonchev–Trinajstić information content (AvgIpc) is 3.98. The van der Waals surface area contributed by atoms with Gasteiger partial charge in [0.2, 0.25) is 17.7 Å². The lowest BCUT2D eigenvalue weighted by Gasteiger charge is -2.44. The van der Waals surface area contributed by atoms with Gasteiger partial charge < -0.3 is 19.7 Å². The summed E-state index contributed by atoms with van der Waals surface area (Å²) in [6.07, 6.45) is 3.03. The number of nitrogens with zero attached hydrogens (tertiary/aromatic N) is 5. The molecular formula is C57H63N7O9S. The summed E-state index contributed by atoms with van der Waals surface area (Å²) in [5.74, 6) is -1.70. The van der Waals surface area contributed by atoms with Crippen LogP contribution in [0.5, 0.6) is 0 Å². The van der Waals surface area contributed by atoms with Gasteiger partial charge >= 0.3 is 0 Å². The summed E-state index contributed by atoms with van der Waals surface area (Å²) >= 11 is 1.43. The zero-order valence-electron chi connectivity index (χ0n) is 42.4. The Bertz CT molecular complexity index is 3030. The number of piperazine rings is 1. The Hall–Kier alpha value is -6.77. The number of hydrogen-bond acceptors (Lipinski definition) is 13. The Kier molecular flexibility index (Phi) is 15.5. The molecule has 386 valence electrons. The van der Waals surface area contributed by atoms with E-state index in [0.29, 0.717) is 54.7 Å². The van der Waals surface area contributed by atoms with E-state index in [0.717, 1.165) is 81.8 Å². The van der Waals surface area contributed by atoms with E-state index in [-0.39, 0.29) is 117 Å². The van der Waals surface area contributed by atoms with Gasteiger partial charge in [0.1, 0.15) is 29.2 Å². The van der Waals surface area contributed by atoms with E-state index < -0.39 is 17.4 Å². The summed E-state index contributed by atoms with van der Waals surface area (Å²) < 4.78 is 0. The van der Waals surface area contributed by atoms with Crippen LogP contribution < -0.4 is 10.2 Å². The number of carbonyl (C=O) groups is 9. The lowest BCUT2D eigenvalue weighted by molar-refractivity contribution is -0.138. The highest BCUT2D eigenvalue weighted by atomic mass is 32.2. The van der Waals surface area contributed by atoms with Gasteiger partial charge in [-0.15, -0.1) is 11.8 Å². The van der Waals surface area contributed by atoms with Crippen LogP contribution >= 0.6 is 11.8 Å². The Morgan fingerprint density at radius 2 is 1.46 bits per heavy atom. The molecule has 74 heavy (non-hydrogen) atoms. The van der Waals surface area contributed by atoms with E-state index >= 15 is 0 Å². The van der Waals surface area contributed by atoms with Crippen molar-refractivity contribution in [3.63, 3.8) is 0 Å². The largest absolute Gasteiger partial charge is 0.371 e. The number of aromatic nitrogens is 1. The van der Waals surface area contributed by atoms with Crippen LogP contribution in [-0.2, 0) is 51.9 Å². The van der Waals surface area contributed by atoms with Crippen LogP contribution in [-0.4, -0.2) is 129 Å². The van der Waals surface area contributed by atoms with E-state index in [4.69, 9.17) is 0 Å². The summed E-state index contributed by atoms with van der Waals surface area (Å²) in [5, 5.41) is 12.6. The standard InChI is InChI=1S/C57H63N7O9S/c1-4-35-29-43-45(57(2,3)54-52(53(43)71)42-15-8-34(32-58)28-46(42)59-54)31-48(35)62-21-18-36(19-22-62)61-23-25-63(26-24-61)51(70)30-40(68)14-13-38(66)10-9-37(65)11-12-39(67)20-27-74-49-7-5-6-41-44(49)33-64(56(41)73)47-16-17-50(69)60-55(47)72/h5-8,15,28-29,31,36,47,59H,4,9-14,16-27,30,33H2,1-3H3,(H,60,69,72). The highest BCUT2D eigenvalue weighted by Gasteiger charge is 2.42. The summed E-state index contributed by atoms with van der Waals surface area (Å²) in [7, 11) is 0. The Balaban J connectivity index is 0.655. The maximum Gasteiger partial charge on any atom is 0.255 e. The van der Waals surface area contributed by atoms with Crippen molar-refractivity contribution >= 4 is 80.9 Å². The van der Waals surface area contributed by atoms with Gasteiger partial charge in [-0.3, -0.25) is 53.4 Å². The molecule has 4 aliphatic heterocycles. The van der Waals surface area contributed by atoms with Crippen molar-refractivity contribution < 1.29 is 43.2 Å². The Labute approximate surface area is 434 Å². The second-order valence-electron chi connectivity index (χ2n) is 20.8. The fourth-order valence-electron chi connectivity index (χ4n) is 11.5. The van der Waals surface area contributed by atoms with Gasteiger partial charge in [0, 0.05) is 153 Å². The molecular weight excluding hydrogens is 959 g/mol. The number of Topliss-reactive ketones (excluding diaryl/α,β-unsaturated/α-hetero) is 4. The maximum absolute atomic E-state index is 14.2. The van der Waals surface area contributed by atoms with Crippen LogP contribution in [0, 0.1) is 11.3 Å². The first-order valence-corrected chi connectivity index (χ1v) is 27.0. The first kappa shape index (κ1) is 52.1. The maximum atomic E-state index is 14.2. The van der Waals surface area contributed by atoms with Crippen LogP contribution in [0.3, 0.4) is 0 Å². The van der Waals surface area contributed by atoms with Crippen LogP contribution in [0.2, 0.25) is 0 Å². The lowest BCUT2D eigenvalue weighted by Crippen LogP contribution is -2.54. The summed E-state index contributed by atoms with van der Waals surface area (Å²) in [4.78, 5) is 128. The van der Waals surface area contributed by atoms with Crippen LogP contribution in [0.15, 0.2) is 53.4 Å². The number of amides is 4. The molecule has 5 aliphatic rings. The number of carbonyl (C=O) groups excluding carboxylic acids is 9. The number of aryl methyl sites for hydroxylation is 1. The molecule has 1 aliphatic carbocycles. The topological polar surface area (TPSA) is 218 Å². The molecule has 3 aromatic carbocycles. The Morgan fingerprint density at radius 1 is 0.784 bits per heavy atom. The van der Waals surface area contributed by atoms with Crippen molar-refractivity contribution in [3.8, 4) is 6.07 Å². The van der Waals surface area contributed by atoms with Crippen molar-refractivity contribution in [3.05, 3.63) is 93.2 Å². The third-order valence-corrected chi connectivity index (χ3v) is 17.0. The van der Waals surface area contributed by atoms with Crippen molar-refractivity contribution in [2.24, 2.45) is 0 Å². The number of piperidine rings is 2. The zero-order valence-corrected chi connectivity index (χ0v) is 43.3. The van der Waals surface area contributed by atoms with E-state index in [9.17, 15) is 48.4 Å². The number of imide groups is 1. The first-order valence-electron chi connectivity index (χ1n) is 26.1. The number of nitriles is 1. The summed E-state index contributed by atoms with van der Waals surface area (Å²) in [6.45, 7) is 10.9. The minimum atomic E-state index is -0.713. The van der Waals surface area contributed by atoms with Crippen molar-refractivity contribution in [2.45, 2.75) is 133 Å². The van der Waals surface area contributed by atoms with Gasteiger partial charge in [0.05, 0.1) is 23.6 Å². The van der Waals surface area contributed by atoms with Crippen molar-refractivity contribution in [1.82, 2.24) is 25.0 Å². The number of hydrogen-bond donors (Lipinski definition) is 2. The predicted octanol–water partition coefficient (Wildman–Crippen LogP) is 6.54. The van der Waals surface area contributed by atoms with E-state index in [2.05, 4.69) is 59.1 Å². The van der Waals surface area contributed by atoms with E-state index in [1.165, 1.54) is 16.7 Å². The number of ketones is 5. The van der Waals surface area contributed by atoms with Crippen molar-refractivity contribution in [2.75, 3.05) is 49.9 Å². The molecule has 1 aromatic heterocycles. The van der Waals surface area contributed by atoms with Gasteiger partial charge in [-0.05, 0) is 78.8 Å². The molecule has 0 spiro atoms. The molecule has 1 atom stereocenters. The highest BCUT2D eigenvalue weighted by molar-refractivity contribution is 7.99. The molecule has 16 nitrogen and oxygen atoms in total. The normalized spacial score (nSPS) is 18.7. The molecule has 1 unspecified atom stereocenters. The molecule has 0 bridgehead atoms. The number of fused-ring (bicyclic) bond motifs is 5. The molecule has 17 heteroatoms. The van der Waals surface area contributed by atoms with Gasteiger partial charge in [0.15, 0.2) is 5.78 Å². The molecule has 5 heterocycles. The van der Waals surface area contributed by atoms with Gasteiger partial charge in [-0.2, -0.15) is 5.26 Å². The predicted molar refractivity (Wildman–Crippen MR) is 278 cm³/mol. The number of thioether (sulfide) groups is 1. The quantitative estimate of drug-likeness (QED) is 0.0581. The van der Waals surface area contributed by atoms with Gasteiger partial charge in [0.25, 0.3) is 5.91 Å². The summed E-state index contributed by atoms with van der Waals surface area (Å²) in [5.41, 5.74) is 7.77. The monoisotopic (exact) mass is 1020 g/mol. The molecule has 0 saturated carbocycles. The minimum Gasteiger partial charge on any atom is -0.371 e. The molecule has 4 aromatic rings. The SMILES string of the molecule is CCc1cc2c(cc1N1CCC(N3CCN(C(=O)CC(=O)CCC(=O)CCC(=O)CCC(=O)CCSc4cccc5c4CN(C4CCC(=O)NC4=O)C5=O)CC3)CC1)C(C)(C)c1[nH]c3cc(C#N)ccc3c1C2=O. The molecule has 3 saturated heterocycles. The number of aromatic amines is 1. The number of anilines is 1. The van der Waals surface area contributed by atoms with E-state index in [1.807, 2.05) is 18.2 Å². The average molecular weight is 1020 g/mol. The minimum absolute atomic E-state index is 0.0102. The number of rotatable bonds is 19. The number of benzene rings is 3. The molecule has 4 amide bonds. The highest BCUT2D eigenvalue weighted by Crippen LogP contribution is 2.46. The van der Waals surface area contributed by atoms with Crippen LogP contribution in [0.4, 0.5) is 5.69 Å². The van der Waals surface area contributed by atoms with Crippen molar-refractivity contribution in [1.29, 1.82) is 5.26 Å². The second-order valence-corrected chi connectivity index (χ2v) is 22.0. The zero-order chi connectivity index (χ0) is 52.4. The Morgan fingerprint density at radius 3 is 2.12 bits per heavy atom. The fraction of sp³-hybridized carbons (Fsp3) is 0.474. The van der Waals surface area contributed by atoms with Gasteiger partial charge in [-0.1, -0.05) is 32.9 Å². The van der Waals surface area contributed by atoms with E-state index in [1.54, 1.807) is 23.1 Å². The fourth-order valence-corrected chi connectivity index (χ4v) is 12.6. The first-order chi connectivity index (χ1) is 35.5. The molecule has 9 rings (SSSR count). The summed E-state index contributed by atoms with van der Waals surface area (Å²) in [6, 6.07) is 17.0.